The molecule has 0 spiro atoms. The van der Waals surface area contributed by atoms with Gasteiger partial charge < -0.3 is 21.7 Å². The average molecular weight is 509 g/mol. The fourth-order valence-corrected chi connectivity index (χ4v) is 5.36. The lowest BCUT2D eigenvalue weighted by molar-refractivity contribution is -0.128. The molecule has 5 N–H and O–H groups in total. The molecule has 3 amide bonds. The van der Waals surface area contributed by atoms with Gasteiger partial charge in [-0.2, -0.15) is 4.37 Å². The number of fused-ring (bicyclic) bond motifs is 1. The Kier molecular flexibility index (Phi) is 7.26. The summed E-state index contributed by atoms with van der Waals surface area (Å²) in [7, 11) is 0. The summed E-state index contributed by atoms with van der Waals surface area (Å²) in [6.07, 6.45) is 5.87. The quantitative estimate of drug-likeness (QED) is 0.422. The van der Waals surface area contributed by atoms with E-state index in [2.05, 4.69) is 14.7 Å². The molecule has 0 saturated heterocycles. The SMILES string of the molecule is CCC(C)(C)NC(=O)C(c1ccc2ncccc2c1)N(C(=O)c1snc(C(N)=O)c1N)C1CCCC1. The number of hydrogen-bond acceptors (Lipinski definition) is 7. The van der Waals surface area contributed by atoms with Crippen LogP contribution in [0.1, 0.15) is 84.6 Å². The Hall–Kier alpha value is -3.53. The van der Waals surface area contributed by atoms with Crippen LogP contribution in [0.5, 0.6) is 0 Å². The summed E-state index contributed by atoms with van der Waals surface area (Å²) in [6.45, 7) is 5.91. The van der Waals surface area contributed by atoms with Crippen LogP contribution in [0, 0.1) is 0 Å². The Morgan fingerprint density at radius 1 is 1.22 bits per heavy atom. The molecule has 0 aliphatic heterocycles. The van der Waals surface area contributed by atoms with Crippen LogP contribution in [-0.4, -0.2) is 43.6 Å². The van der Waals surface area contributed by atoms with Gasteiger partial charge >= 0.3 is 0 Å². The number of carbonyl (C=O) groups excluding carboxylic acids is 3. The summed E-state index contributed by atoms with van der Waals surface area (Å²) >= 11 is 0.835. The number of anilines is 1. The first kappa shape index (κ1) is 25.6. The number of nitrogen functional groups attached to an aromatic ring is 1. The number of benzene rings is 1. The van der Waals surface area contributed by atoms with Gasteiger partial charge in [0.05, 0.1) is 11.2 Å². The van der Waals surface area contributed by atoms with Gasteiger partial charge in [0.1, 0.15) is 10.9 Å². The van der Waals surface area contributed by atoms with E-state index in [1.165, 1.54) is 0 Å². The zero-order valence-corrected chi connectivity index (χ0v) is 21.6. The molecule has 1 fully saturated rings. The third-order valence-corrected chi connectivity index (χ3v) is 7.77. The standard InChI is InChI=1S/C26H32N6O3S/c1-4-26(2,3)30-24(34)21(16-11-12-18-15(14-16)8-7-13-29-18)32(17-9-5-6-10-17)25(35)22-19(27)20(23(28)33)31-36-22/h7-8,11-14,17,21H,4-6,9-10,27H2,1-3H3,(H2,28,33)(H,30,34). The van der Waals surface area contributed by atoms with E-state index >= 15 is 0 Å². The van der Waals surface area contributed by atoms with E-state index in [9.17, 15) is 14.4 Å². The lowest BCUT2D eigenvalue weighted by Gasteiger charge is -2.38. The van der Waals surface area contributed by atoms with Gasteiger partial charge in [-0.15, -0.1) is 0 Å². The fraction of sp³-hybridized carbons (Fsp3) is 0.423. The van der Waals surface area contributed by atoms with Crippen LogP contribution in [0.2, 0.25) is 0 Å². The number of hydrogen-bond donors (Lipinski definition) is 3. The molecule has 1 aliphatic rings. The highest BCUT2D eigenvalue weighted by Gasteiger charge is 2.41. The number of carbonyl (C=O) groups is 3. The van der Waals surface area contributed by atoms with Gasteiger partial charge in [0.25, 0.3) is 11.8 Å². The molecule has 10 heteroatoms. The van der Waals surface area contributed by atoms with Gasteiger partial charge in [-0.25, -0.2) is 0 Å². The van der Waals surface area contributed by atoms with Crippen molar-refractivity contribution in [3.8, 4) is 0 Å². The number of pyridine rings is 1. The van der Waals surface area contributed by atoms with Crippen LogP contribution in [0.25, 0.3) is 10.9 Å². The fourth-order valence-electron chi connectivity index (χ4n) is 4.62. The Morgan fingerprint density at radius 2 is 1.94 bits per heavy atom. The average Bonchev–Trinajstić information content (AvgIpc) is 3.51. The molecular weight excluding hydrogens is 476 g/mol. The Labute approximate surface area is 214 Å². The number of amides is 3. The third kappa shape index (κ3) is 5.04. The van der Waals surface area contributed by atoms with E-state index < -0.39 is 23.4 Å². The predicted molar refractivity (Wildman–Crippen MR) is 140 cm³/mol. The molecule has 36 heavy (non-hydrogen) atoms. The Balaban J connectivity index is 1.86. The largest absolute Gasteiger partial charge is 0.395 e. The van der Waals surface area contributed by atoms with Crippen molar-refractivity contribution in [2.75, 3.05) is 5.73 Å². The second-order valence-electron chi connectivity index (χ2n) is 9.87. The van der Waals surface area contributed by atoms with E-state index in [-0.39, 0.29) is 28.2 Å². The molecule has 1 aliphatic carbocycles. The number of aromatic nitrogens is 2. The summed E-state index contributed by atoms with van der Waals surface area (Å²) in [5, 5.41) is 4.00. The maximum absolute atomic E-state index is 14.1. The minimum atomic E-state index is -0.908. The van der Waals surface area contributed by atoms with Crippen molar-refractivity contribution in [2.45, 2.75) is 70.5 Å². The number of rotatable bonds is 8. The van der Waals surface area contributed by atoms with Crippen molar-refractivity contribution >= 4 is 45.8 Å². The van der Waals surface area contributed by atoms with Crippen LogP contribution < -0.4 is 16.8 Å². The van der Waals surface area contributed by atoms with E-state index in [0.717, 1.165) is 48.1 Å². The first-order valence-corrected chi connectivity index (χ1v) is 12.9. The topological polar surface area (TPSA) is 144 Å². The smallest absolute Gasteiger partial charge is 0.270 e. The third-order valence-electron chi connectivity index (χ3n) is 6.92. The minimum absolute atomic E-state index is 0.0451. The highest BCUT2D eigenvalue weighted by atomic mass is 32.1. The first-order valence-electron chi connectivity index (χ1n) is 12.2. The maximum Gasteiger partial charge on any atom is 0.270 e. The highest BCUT2D eigenvalue weighted by Crippen LogP contribution is 2.36. The molecule has 1 saturated carbocycles. The number of nitrogens with zero attached hydrogens (tertiary/aromatic N) is 3. The van der Waals surface area contributed by atoms with Gasteiger partial charge in [0.15, 0.2) is 5.69 Å². The van der Waals surface area contributed by atoms with Gasteiger partial charge in [-0.3, -0.25) is 19.4 Å². The summed E-state index contributed by atoms with van der Waals surface area (Å²) in [6, 6.07) is 8.31. The lowest BCUT2D eigenvalue weighted by Crippen LogP contribution is -2.52. The molecule has 1 unspecified atom stereocenters. The van der Waals surface area contributed by atoms with Crippen LogP contribution in [0.15, 0.2) is 36.5 Å². The summed E-state index contributed by atoms with van der Waals surface area (Å²) in [5.74, 6) is -1.50. The second-order valence-corrected chi connectivity index (χ2v) is 10.6. The Morgan fingerprint density at radius 3 is 2.58 bits per heavy atom. The van der Waals surface area contributed by atoms with Crippen LogP contribution in [0.4, 0.5) is 5.69 Å². The van der Waals surface area contributed by atoms with Gasteiger partial charge in [0.2, 0.25) is 5.91 Å². The highest BCUT2D eigenvalue weighted by molar-refractivity contribution is 7.09. The van der Waals surface area contributed by atoms with E-state index in [0.29, 0.717) is 12.0 Å². The summed E-state index contributed by atoms with van der Waals surface area (Å²) in [4.78, 5) is 45.9. The summed E-state index contributed by atoms with van der Waals surface area (Å²) in [5.41, 5.74) is 12.4. The molecule has 1 aromatic carbocycles. The van der Waals surface area contributed by atoms with Gasteiger partial charge in [-0.05, 0) is 68.4 Å². The van der Waals surface area contributed by atoms with Gasteiger partial charge in [-0.1, -0.05) is 31.9 Å². The van der Waals surface area contributed by atoms with Gasteiger partial charge in [0, 0.05) is 23.2 Å². The molecule has 2 aromatic heterocycles. The monoisotopic (exact) mass is 508 g/mol. The van der Waals surface area contributed by atoms with E-state index in [1.54, 1.807) is 11.1 Å². The maximum atomic E-state index is 14.1. The van der Waals surface area contributed by atoms with Crippen molar-refractivity contribution in [1.82, 2.24) is 19.6 Å². The second kappa shape index (κ2) is 10.2. The predicted octanol–water partition coefficient (Wildman–Crippen LogP) is 3.80. The molecular formula is C26H32N6O3S. The van der Waals surface area contributed by atoms with Crippen molar-refractivity contribution < 1.29 is 14.4 Å². The normalized spacial score (nSPS) is 15.1. The van der Waals surface area contributed by atoms with Crippen molar-refractivity contribution in [3.63, 3.8) is 0 Å². The Bertz CT molecular complexity index is 1300. The van der Waals surface area contributed by atoms with Crippen LogP contribution in [-0.2, 0) is 4.79 Å². The van der Waals surface area contributed by atoms with E-state index in [1.807, 2.05) is 51.1 Å². The number of nitrogens with one attached hydrogen (secondary N) is 1. The molecule has 0 radical (unpaired) electrons. The minimum Gasteiger partial charge on any atom is -0.395 e. The van der Waals surface area contributed by atoms with Crippen molar-refractivity contribution in [3.05, 3.63) is 52.7 Å². The zero-order valence-electron chi connectivity index (χ0n) is 20.8. The van der Waals surface area contributed by atoms with Crippen molar-refractivity contribution in [1.29, 1.82) is 0 Å². The molecule has 0 bridgehead atoms. The first-order chi connectivity index (χ1) is 17.1. The number of nitrogens with two attached hydrogens (primary N) is 2. The molecule has 190 valence electrons. The molecule has 1 atom stereocenters. The van der Waals surface area contributed by atoms with Crippen LogP contribution >= 0.6 is 11.5 Å². The van der Waals surface area contributed by atoms with Crippen LogP contribution in [0.3, 0.4) is 0 Å². The molecule has 3 aromatic rings. The lowest BCUT2D eigenvalue weighted by atomic mass is 9.96. The summed E-state index contributed by atoms with van der Waals surface area (Å²) < 4.78 is 4.02. The van der Waals surface area contributed by atoms with Crippen molar-refractivity contribution in [2.24, 2.45) is 5.73 Å². The van der Waals surface area contributed by atoms with E-state index in [4.69, 9.17) is 11.5 Å². The number of primary amides is 1. The molecule has 2 heterocycles. The zero-order chi connectivity index (χ0) is 26.0. The molecule has 9 nitrogen and oxygen atoms in total. The molecule has 4 rings (SSSR count).